The highest BCUT2D eigenvalue weighted by atomic mass is 14.7. The molecule has 0 aliphatic heterocycles. The van der Waals surface area contributed by atoms with Gasteiger partial charge in [0.1, 0.15) is 0 Å². The Labute approximate surface area is 157 Å². The Morgan fingerprint density at radius 1 is 1.04 bits per heavy atom. The van der Waals surface area contributed by atoms with Crippen molar-refractivity contribution in [2.45, 2.75) is 52.9 Å². The summed E-state index contributed by atoms with van der Waals surface area (Å²) in [6.45, 7) is 15.5. The number of pyridine rings is 1. The monoisotopic (exact) mass is 343 g/mol. The number of rotatable bonds is 4. The summed E-state index contributed by atoms with van der Waals surface area (Å²) < 4.78 is 0. The molecule has 1 nitrogen and oxygen atoms in total. The normalized spacial score (nSPS) is 11.7. The second-order valence-corrected chi connectivity index (χ2v) is 8.32. The topological polar surface area (TPSA) is 12.9 Å². The Hall–Kier alpha value is -2.41. The first-order valence-corrected chi connectivity index (χ1v) is 9.40. The number of hydrogen-bond acceptors (Lipinski definition) is 1. The van der Waals surface area contributed by atoms with Crippen molar-refractivity contribution in [2.24, 2.45) is 0 Å². The number of fused-ring (bicyclic) bond motifs is 1. The van der Waals surface area contributed by atoms with Gasteiger partial charge in [0, 0.05) is 11.6 Å². The van der Waals surface area contributed by atoms with Crippen LogP contribution in [0.4, 0.5) is 0 Å². The van der Waals surface area contributed by atoms with Gasteiger partial charge in [0.25, 0.3) is 0 Å². The van der Waals surface area contributed by atoms with E-state index in [4.69, 9.17) is 0 Å². The van der Waals surface area contributed by atoms with Crippen LogP contribution in [0.5, 0.6) is 0 Å². The van der Waals surface area contributed by atoms with E-state index in [0.29, 0.717) is 0 Å². The highest BCUT2D eigenvalue weighted by Gasteiger charge is 2.16. The minimum absolute atomic E-state index is 0.195. The van der Waals surface area contributed by atoms with Crippen LogP contribution in [0.15, 0.2) is 55.2 Å². The van der Waals surface area contributed by atoms with Gasteiger partial charge in [-0.3, -0.25) is 4.98 Å². The summed E-state index contributed by atoms with van der Waals surface area (Å²) in [4.78, 5) is 4.61. The third-order valence-electron chi connectivity index (χ3n) is 5.24. The fourth-order valence-corrected chi connectivity index (χ4v) is 3.79. The van der Waals surface area contributed by atoms with Crippen LogP contribution in [0, 0.1) is 13.8 Å². The first-order valence-electron chi connectivity index (χ1n) is 9.40. The highest BCUT2D eigenvalue weighted by Crippen LogP contribution is 2.29. The molecule has 1 aromatic heterocycles. The number of hydrogen-bond donors (Lipinski definition) is 0. The van der Waals surface area contributed by atoms with Crippen LogP contribution >= 0.6 is 0 Å². The maximum Gasteiger partial charge on any atom is 0.0705 e. The van der Waals surface area contributed by atoms with Crippen molar-refractivity contribution in [2.75, 3.05) is 0 Å². The van der Waals surface area contributed by atoms with Crippen LogP contribution in [0.2, 0.25) is 0 Å². The largest absolute Gasteiger partial charge is 0.256 e. The van der Waals surface area contributed by atoms with Crippen molar-refractivity contribution < 1.29 is 0 Å². The van der Waals surface area contributed by atoms with Crippen LogP contribution in [0.3, 0.4) is 0 Å². The van der Waals surface area contributed by atoms with Gasteiger partial charge in [-0.05, 0) is 71.6 Å². The first kappa shape index (κ1) is 18.4. The van der Waals surface area contributed by atoms with E-state index in [-0.39, 0.29) is 5.41 Å². The number of aromatic nitrogens is 1. The fourth-order valence-electron chi connectivity index (χ4n) is 3.79. The average Bonchev–Trinajstić information content (AvgIpc) is 2.59. The van der Waals surface area contributed by atoms with E-state index in [2.05, 4.69) is 82.6 Å². The van der Waals surface area contributed by atoms with Crippen LogP contribution in [-0.4, -0.2) is 4.98 Å². The molecule has 134 valence electrons. The number of aryl methyl sites for hydroxylation is 3. The SMILES string of the molecule is C=C(CCc1ccc(C(C)(C)C)c(C)c1)c1cnc2ccccc2c1C. The van der Waals surface area contributed by atoms with Gasteiger partial charge in [-0.15, -0.1) is 0 Å². The van der Waals surface area contributed by atoms with Crippen LogP contribution in [0.1, 0.15) is 55.0 Å². The molecule has 1 heterocycles. The third kappa shape index (κ3) is 3.72. The quantitative estimate of drug-likeness (QED) is 0.508. The van der Waals surface area contributed by atoms with Crippen molar-refractivity contribution >= 4 is 16.5 Å². The summed E-state index contributed by atoms with van der Waals surface area (Å²) in [7, 11) is 0. The molecule has 0 aliphatic carbocycles. The molecule has 3 rings (SSSR count). The molecular formula is C25H29N. The van der Waals surface area contributed by atoms with E-state index >= 15 is 0 Å². The Kier molecular flexibility index (Phi) is 5.00. The Bertz CT molecular complexity index is 958. The molecule has 0 saturated carbocycles. The molecule has 0 fully saturated rings. The summed E-state index contributed by atoms with van der Waals surface area (Å²) in [6, 6.07) is 15.2. The van der Waals surface area contributed by atoms with Gasteiger partial charge in [-0.25, -0.2) is 0 Å². The molecule has 0 unspecified atom stereocenters. The molecule has 0 bridgehead atoms. The van der Waals surface area contributed by atoms with Crippen molar-refractivity contribution in [1.82, 2.24) is 4.98 Å². The molecule has 0 saturated heterocycles. The van der Waals surface area contributed by atoms with E-state index in [1.54, 1.807) is 0 Å². The van der Waals surface area contributed by atoms with Crippen molar-refractivity contribution in [3.8, 4) is 0 Å². The van der Waals surface area contributed by atoms with Gasteiger partial charge in [0.2, 0.25) is 0 Å². The molecule has 0 aliphatic rings. The Balaban J connectivity index is 1.77. The number of benzene rings is 2. The summed E-state index contributed by atoms with van der Waals surface area (Å²) in [5.74, 6) is 0. The predicted molar refractivity (Wildman–Crippen MR) is 114 cm³/mol. The molecule has 0 radical (unpaired) electrons. The van der Waals surface area contributed by atoms with Crippen molar-refractivity contribution in [1.29, 1.82) is 0 Å². The van der Waals surface area contributed by atoms with Crippen LogP contribution in [-0.2, 0) is 11.8 Å². The summed E-state index contributed by atoms with van der Waals surface area (Å²) in [5, 5.41) is 1.22. The second-order valence-electron chi connectivity index (χ2n) is 8.32. The lowest BCUT2D eigenvalue weighted by atomic mass is 9.83. The molecular weight excluding hydrogens is 314 g/mol. The predicted octanol–water partition coefficient (Wildman–Crippen LogP) is 6.80. The lowest BCUT2D eigenvalue weighted by Gasteiger charge is -2.22. The minimum atomic E-state index is 0.195. The van der Waals surface area contributed by atoms with Crippen LogP contribution < -0.4 is 0 Å². The molecule has 2 aromatic carbocycles. The zero-order valence-electron chi connectivity index (χ0n) is 16.7. The Morgan fingerprint density at radius 2 is 1.77 bits per heavy atom. The van der Waals surface area contributed by atoms with E-state index < -0.39 is 0 Å². The summed E-state index contributed by atoms with van der Waals surface area (Å²) in [6.07, 6.45) is 3.94. The summed E-state index contributed by atoms with van der Waals surface area (Å²) >= 11 is 0. The number of nitrogens with zero attached hydrogens (tertiary/aromatic N) is 1. The minimum Gasteiger partial charge on any atom is -0.256 e. The maximum absolute atomic E-state index is 4.61. The van der Waals surface area contributed by atoms with Crippen molar-refractivity contribution in [3.63, 3.8) is 0 Å². The van der Waals surface area contributed by atoms with Crippen molar-refractivity contribution in [3.05, 3.63) is 83.1 Å². The smallest absolute Gasteiger partial charge is 0.0705 e. The number of para-hydroxylation sites is 1. The van der Waals surface area contributed by atoms with Gasteiger partial charge < -0.3 is 0 Å². The number of allylic oxidation sites excluding steroid dienone is 1. The molecule has 0 amide bonds. The molecule has 0 N–H and O–H groups in total. The standard InChI is InChI=1S/C25H29N/c1-17(22-16-26-24-10-8-7-9-21(24)19(22)3)11-12-20-13-14-23(18(2)15-20)25(4,5)6/h7-10,13-16H,1,11-12H2,2-6H3. The van der Waals surface area contributed by atoms with Gasteiger partial charge in [-0.2, -0.15) is 0 Å². The Morgan fingerprint density at radius 3 is 2.46 bits per heavy atom. The lowest BCUT2D eigenvalue weighted by molar-refractivity contribution is 0.586. The van der Waals surface area contributed by atoms with E-state index in [9.17, 15) is 0 Å². The van der Waals surface area contributed by atoms with Gasteiger partial charge in [0.05, 0.1) is 5.52 Å². The zero-order chi connectivity index (χ0) is 18.9. The van der Waals surface area contributed by atoms with E-state index in [1.165, 1.54) is 38.8 Å². The molecule has 26 heavy (non-hydrogen) atoms. The van der Waals surface area contributed by atoms with Gasteiger partial charge in [0.15, 0.2) is 0 Å². The maximum atomic E-state index is 4.61. The fraction of sp³-hybridized carbons (Fsp3) is 0.320. The molecule has 3 aromatic rings. The van der Waals surface area contributed by atoms with E-state index in [1.807, 2.05) is 12.3 Å². The zero-order valence-corrected chi connectivity index (χ0v) is 16.7. The second kappa shape index (κ2) is 7.07. The highest BCUT2D eigenvalue weighted by molar-refractivity contribution is 5.86. The third-order valence-corrected chi connectivity index (χ3v) is 5.24. The molecule has 0 atom stereocenters. The summed E-state index contributed by atoms with van der Waals surface area (Å²) in [5.41, 5.74) is 9.06. The van der Waals surface area contributed by atoms with Gasteiger partial charge >= 0.3 is 0 Å². The molecule has 1 heteroatoms. The average molecular weight is 344 g/mol. The van der Waals surface area contributed by atoms with Gasteiger partial charge in [-0.1, -0.05) is 63.7 Å². The lowest BCUT2D eigenvalue weighted by Crippen LogP contribution is -2.13. The molecule has 0 spiro atoms. The first-order chi connectivity index (χ1) is 12.3. The van der Waals surface area contributed by atoms with Crippen LogP contribution in [0.25, 0.3) is 16.5 Å². The van der Waals surface area contributed by atoms with E-state index in [0.717, 1.165) is 18.4 Å².